The molecule has 0 amide bonds. The summed E-state index contributed by atoms with van der Waals surface area (Å²) in [5.41, 5.74) is 13.0. The smallest absolute Gasteiger partial charge is 0.235 e. The molecule has 42 heavy (non-hydrogen) atoms. The van der Waals surface area contributed by atoms with Crippen LogP contribution in [-0.4, -0.2) is 14.5 Å². The van der Waals surface area contributed by atoms with Gasteiger partial charge < -0.3 is 0 Å². The van der Waals surface area contributed by atoms with Crippen LogP contribution in [0, 0.1) is 0 Å². The van der Waals surface area contributed by atoms with Gasteiger partial charge in [-0.1, -0.05) is 121 Å². The van der Waals surface area contributed by atoms with E-state index < -0.39 is 0 Å². The van der Waals surface area contributed by atoms with Crippen LogP contribution in [0.25, 0.3) is 72.2 Å². The number of fused-ring (bicyclic) bond motifs is 8. The molecule has 0 saturated carbocycles. The molecule has 3 heteroatoms. The van der Waals surface area contributed by atoms with Gasteiger partial charge in [0.2, 0.25) is 5.95 Å². The first kappa shape index (κ1) is 23.2. The summed E-state index contributed by atoms with van der Waals surface area (Å²) in [4.78, 5) is 10.5. The number of hydrogen-bond donors (Lipinski definition) is 0. The van der Waals surface area contributed by atoms with Crippen molar-refractivity contribution in [2.75, 3.05) is 0 Å². The van der Waals surface area contributed by atoms with Crippen molar-refractivity contribution < 1.29 is 0 Å². The second kappa shape index (κ2) is 8.98. The van der Waals surface area contributed by atoms with Gasteiger partial charge in [-0.3, -0.25) is 4.57 Å². The van der Waals surface area contributed by atoms with Crippen LogP contribution in [0.5, 0.6) is 0 Å². The first-order valence-electron chi connectivity index (χ1n) is 14.4. The molecule has 1 aliphatic carbocycles. The fraction of sp³-hybridized carbons (Fsp3) is 0.0256. The van der Waals surface area contributed by atoms with Crippen molar-refractivity contribution in [2.45, 2.75) is 6.42 Å². The molecule has 0 fully saturated rings. The molecule has 8 aromatic rings. The third kappa shape index (κ3) is 3.40. The zero-order chi connectivity index (χ0) is 27.6. The van der Waals surface area contributed by atoms with E-state index in [-0.39, 0.29) is 0 Å². The second-order valence-corrected chi connectivity index (χ2v) is 11.0. The van der Waals surface area contributed by atoms with E-state index in [1.54, 1.807) is 0 Å². The Bertz CT molecular complexity index is 2320. The minimum Gasteiger partial charge on any atom is -0.278 e. The fourth-order valence-corrected chi connectivity index (χ4v) is 6.73. The fourth-order valence-electron chi connectivity index (χ4n) is 6.73. The molecule has 9 rings (SSSR count). The Morgan fingerprint density at radius 3 is 2.10 bits per heavy atom. The minimum absolute atomic E-state index is 0.698. The van der Waals surface area contributed by atoms with Gasteiger partial charge in [-0.05, 0) is 51.6 Å². The number of para-hydroxylation sites is 1. The summed E-state index contributed by atoms with van der Waals surface area (Å²) in [6.45, 7) is 0. The third-order valence-corrected chi connectivity index (χ3v) is 8.65. The Kier molecular flexibility index (Phi) is 4.96. The van der Waals surface area contributed by atoms with E-state index in [1.807, 2.05) is 6.07 Å². The number of benzene rings is 6. The number of hydrogen-bond acceptors (Lipinski definition) is 2. The number of rotatable bonds is 3. The molecule has 0 radical (unpaired) electrons. The molecule has 196 valence electrons. The highest BCUT2D eigenvalue weighted by molar-refractivity contribution is 6.13. The molecule has 6 aromatic carbocycles. The molecule has 3 nitrogen and oxygen atoms in total. The number of aromatic nitrogens is 3. The van der Waals surface area contributed by atoms with Gasteiger partial charge in [0.1, 0.15) is 0 Å². The van der Waals surface area contributed by atoms with Crippen LogP contribution in [-0.2, 0) is 6.42 Å². The maximum atomic E-state index is 5.32. The third-order valence-electron chi connectivity index (χ3n) is 8.65. The molecule has 2 aromatic heterocycles. The van der Waals surface area contributed by atoms with Crippen molar-refractivity contribution in [3.05, 3.63) is 151 Å². The summed E-state index contributed by atoms with van der Waals surface area (Å²) in [6.07, 6.45) is 0.893. The van der Waals surface area contributed by atoms with Crippen LogP contribution in [0.15, 0.2) is 140 Å². The van der Waals surface area contributed by atoms with Crippen molar-refractivity contribution in [1.29, 1.82) is 0 Å². The van der Waals surface area contributed by atoms with E-state index >= 15 is 0 Å². The van der Waals surface area contributed by atoms with E-state index in [0.29, 0.717) is 5.95 Å². The van der Waals surface area contributed by atoms with Gasteiger partial charge in [-0.2, -0.15) is 0 Å². The van der Waals surface area contributed by atoms with Crippen LogP contribution in [0.2, 0.25) is 0 Å². The first-order chi connectivity index (χ1) is 20.8. The molecule has 2 heterocycles. The van der Waals surface area contributed by atoms with Crippen LogP contribution in [0.1, 0.15) is 11.1 Å². The van der Waals surface area contributed by atoms with Gasteiger partial charge >= 0.3 is 0 Å². The molecule has 0 unspecified atom stereocenters. The van der Waals surface area contributed by atoms with E-state index in [2.05, 4.69) is 138 Å². The summed E-state index contributed by atoms with van der Waals surface area (Å²) >= 11 is 0. The molecular formula is C39H25N3. The monoisotopic (exact) mass is 535 g/mol. The summed E-state index contributed by atoms with van der Waals surface area (Å²) in [7, 11) is 0. The maximum absolute atomic E-state index is 5.32. The van der Waals surface area contributed by atoms with E-state index in [9.17, 15) is 0 Å². The lowest BCUT2D eigenvalue weighted by Gasteiger charge is -2.13. The predicted octanol–water partition coefficient (Wildman–Crippen LogP) is 9.63. The van der Waals surface area contributed by atoms with Crippen molar-refractivity contribution in [3.8, 4) is 39.5 Å². The highest BCUT2D eigenvalue weighted by atomic mass is 15.2. The topological polar surface area (TPSA) is 30.7 Å². The average molecular weight is 536 g/mol. The van der Waals surface area contributed by atoms with Crippen LogP contribution in [0.3, 0.4) is 0 Å². The molecule has 0 atom stereocenters. The maximum Gasteiger partial charge on any atom is 0.235 e. The minimum atomic E-state index is 0.698. The van der Waals surface area contributed by atoms with Gasteiger partial charge in [0.15, 0.2) is 0 Å². The SMILES string of the molecule is c1ccc(-c2ccc3c(c2)c2ccc4c(c2n3-c2nc(-c3ccccc3)c3ccccc3n2)Cc2ccccc2-4)cc1. The van der Waals surface area contributed by atoms with Gasteiger partial charge in [0, 0.05) is 28.1 Å². The van der Waals surface area contributed by atoms with Crippen LogP contribution < -0.4 is 0 Å². The molecule has 0 bridgehead atoms. The molecule has 0 aliphatic heterocycles. The standard InChI is InChI=1S/C39H25N3/c1-3-11-25(12-4-1)27-19-22-36-33(23-27)31-21-20-30-29-16-8-7-15-28(29)24-34(30)38(31)42(36)39-40-35-18-10-9-17-32(35)37(41-39)26-13-5-2-6-14-26/h1-23H,24H2. The highest BCUT2D eigenvalue weighted by Gasteiger charge is 2.26. The largest absolute Gasteiger partial charge is 0.278 e. The van der Waals surface area contributed by atoms with E-state index in [1.165, 1.54) is 49.7 Å². The van der Waals surface area contributed by atoms with Crippen LogP contribution >= 0.6 is 0 Å². The Labute approximate surface area is 243 Å². The zero-order valence-corrected chi connectivity index (χ0v) is 22.8. The van der Waals surface area contributed by atoms with Crippen LogP contribution in [0.4, 0.5) is 0 Å². The lowest BCUT2D eigenvalue weighted by atomic mass is 10.0. The Morgan fingerprint density at radius 2 is 1.24 bits per heavy atom. The first-order valence-corrected chi connectivity index (χ1v) is 14.4. The van der Waals surface area contributed by atoms with E-state index in [0.717, 1.165) is 34.1 Å². The highest BCUT2D eigenvalue weighted by Crippen LogP contribution is 2.44. The Hall–Kier alpha value is -5.54. The van der Waals surface area contributed by atoms with Crippen molar-refractivity contribution in [3.63, 3.8) is 0 Å². The molecule has 0 N–H and O–H groups in total. The number of nitrogens with zero attached hydrogens (tertiary/aromatic N) is 3. The van der Waals surface area contributed by atoms with Crippen molar-refractivity contribution in [1.82, 2.24) is 14.5 Å². The van der Waals surface area contributed by atoms with Gasteiger partial charge in [-0.15, -0.1) is 0 Å². The zero-order valence-electron chi connectivity index (χ0n) is 22.8. The summed E-state index contributed by atoms with van der Waals surface area (Å²) in [6, 6.07) is 49.6. The summed E-state index contributed by atoms with van der Waals surface area (Å²) in [5, 5.41) is 3.49. The van der Waals surface area contributed by atoms with Crippen molar-refractivity contribution in [2.24, 2.45) is 0 Å². The second-order valence-electron chi connectivity index (χ2n) is 11.0. The normalized spacial score (nSPS) is 12.2. The molecule has 1 aliphatic rings. The summed E-state index contributed by atoms with van der Waals surface area (Å²) in [5.74, 6) is 0.698. The van der Waals surface area contributed by atoms with E-state index in [4.69, 9.17) is 9.97 Å². The molecule has 0 spiro atoms. The van der Waals surface area contributed by atoms with Crippen molar-refractivity contribution >= 4 is 32.7 Å². The Balaban J connectivity index is 1.40. The molecular weight excluding hydrogens is 510 g/mol. The lowest BCUT2D eigenvalue weighted by Crippen LogP contribution is -2.04. The average Bonchev–Trinajstić information content (AvgIpc) is 3.61. The van der Waals surface area contributed by atoms with Gasteiger partial charge in [-0.25, -0.2) is 9.97 Å². The predicted molar refractivity (Wildman–Crippen MR) is 173 cm³/mol. The van der Waals surface area contributed by atoms with Gasteiger partial charge in [0.25, 0.3) is 0 Å². The molecule has 0 saturated heterocycles. The Morgan fingerprint density at radius 1 is 0.500 bits per heavy atom. The quantitative estimate of drug-likeness (QED) is 0.225. The lowest BCUT2D eigenvalue weighted by molar-refractivity contribution is 1.01. The van der Waals surface area contributed by atoms with Gasteiger partial charge in [0.05, 0.1) is 22.2 Å². The summed E-state index contributed by atoms with van der Waals surface area (Å²) < 4.78 is 2.31.